The topological polar surface area (TPSA) is 81.6 Å². The van der Waals surface area contributed by atoms with E-state index in [4.69, 9.17) is 0 Å². The highest BCUT2D eigenvalue weighted by atomic mass is 16.3. The average molecular weight is 347 g/mol. The first kappa shape index (κ1) is 18.1. The number of amides is 1. The van der Waals surface area contributed by atoms with Crippen LogP contribution in [0.4, 0.5) is 5.95 Å². The van der Waals surface area contributed by atoms with Crippen LogP contribution in [0.25, 0.3) is 0 Å². The number of aliphatic hydroxyl groups is 1. The summed E-state index contributed by atoms with van der Waals surface area (Å²) in [6.07, 6.45) is 8.47. The molecule has 7 nitrogen and oxygen atoms in total. The summed E-state index contributed by atoms with van der Waals surface area (Å²) in [5.41, 5.74) is -0.546. The Balaban J connectivity index is 1.55. The van der Waals surface area contributed by atoms with E-state index in [-0.39, 0.29) is 12.5 Å². The fourth-order valence-corrected chi connectivity index (χ4v) is 3.91. The van der Waals surface area contributed by atoms with Gasteiger partial charge in [0.1, 0.15) is 0 Å². The van der Waals surface area contributed by atoms with Crippen LogP contribution in [0.1, 0.15) is 32.1 Å². The summed E-state index contributed by atoms with van der Waals surface area (Å²) in [4.78, 5) is 25.9. The summed E-state index contributed by atoms with van der Waals surface area (Å²) in [5.74, 6) is 0.709. The van der Waals surface area contributed by atoms with Gasteiger partial charge in [-0.05, 0) is 44.8 Å². The first-order valence-electron chi connectivity index (χ1n) is 9.37. The van der Waals surface area contributed by atoms with E-state index >= 15 is 0 Å². The van der Waals surface area contributed by atoms with Crippen LogP contribution in [-0.4, -0.2) is 71.8 Å². The van der Waals surface area contributed by atoms with E-state index in [2.05, 4.69) is 20.2 Å². The lowest BCUT2D eigenvalue weighted by molar-refractivity contribution is -0.130. The second-order valence-corrected chi connectivity index (χ2v) is 7.13. The second-order valence-electron chi connectivity index (χ2n) is 7.13. The molecule has 1 aromatic heterocycles. The van der Waals surface area contributed by atoms with E-state index in [1.54, 1.807) is 18.5 Å². The van der Waals surface area contributed by atoms with Crippen LogP contribution in [0.5, 0.6) is 0 Å². The minimum absolute atomic E-state index is 0.0169. The largest absolute Gasteiger partial charge is 0.396 e. The number of anilines is 1. The van der Waals surface area contributed by atoms with Crippen LogP contribution in [0.2, 0.25) is 0 Å². The van der Waals surface area contributed by atoms with Gasteiger partial charge in [-0.25, -0.2) is 9.97 Å². The molecule has 7 heteroatoms. The SMILES string of the molecule is O=C(NCCN1CCCCC1)[C@@]1(CCO)CCN(c2ncccn2)C1. The Bertz CT molecular complexity index is 550. The van der Waals surface area contributed by atoms with Crippen LogP contribution in [0, 0.1) is 5.41 Å². The normalized spacial score (nSPS) is 24.4. The minimum atomic E-state index is -0.546. The molecule has 2 saturated heterocycles. The van der Waals surface area contributed by atoms with Gasteiger partial charge in [0.25, 0.3) is 0 Å². The van der Waals surface area contributed by atoms with Gasteiger partial charge in [0.15, 0.2) is 0 Å². The molecule has 0 radical (unpaired) electrons. The number of carbonyl (C=O) groups is 1. The van der Waals surface area contributed by atoms with Gasteiger partial charge in [-0.15, -0.1) is 0 Å². The molecule has 0 unspecified atom stereocenters. The van der Waals surface area contributed by atoms with Gasteiger partial charge in [-0.3, -0.25) is 4.79 Å². The summed E-state index contributed by atoms with van der Waals surface area (Å²) in [6, 6.07) is 1.79. The van der Waals surface area contributed by atoms with E-state index in [0.717, 1.165) is 32.6 Å². The number of nitrogens with one attached hydrogen (secondary N) is 1. The van der Waals surface area contributed by atoms with Gasteiger partial charge in [0, 0.05) is 45.2 Å². The van der Waals surface area contributed by atoms with E-state index in [1.807, 2.05) is 4.90 Å². The summed E-state index contributed by atoms with van der Waals surface area (Å²) < 4.78 is 0. The number of rotatable bonds is 7. The molecule has 2 fully saturated rings. The van der Waals surface area contributed by atoms with Crippen molar-refractivity contribution in [3.63, 3.8) is 0 Å². The molecule has 3 heterocycles. The van der Waals surface area contributed by atoms with Gasteiger partial charge in [-0.1, -0.05) is 6.42 Å². The Kier molecular flexibility index (Phi) is 6.20. The molecule has 3 rings (SSSR count). The maximum absolute atomic E-state index is 12.9. The standard InChI is InChI=1S/C18H29N5O2/c24-14-6-18(5-12-23(15-18)17-20-7-4-8-21-17)16(25)19-9-13-22-10-2-1-3-11-22/h4,7-8,24H,1-3,5-6,9-15H2,(H,19,25)/t18-/m1/s1. The first-order chi connectivity index (χ1) is 12.2. The van der Waals surface area contributed by atoms with Crippen LogP contribution >= 0.6 is 0 Å². The van der Waals surface area contributed by atoms with Crippen molar-refractivity contribution in [3.8, 4) is 0 Å². The Hall–Kier alpha value is -1.73. The lowest BCUT2D eigenvalue weighted by Gasteiger charge is -2.29. The number of carbonyl (C=O) groups excluding carboxylic acids is 1. The summed E-state index contributed by atoms with van der Waals surface area (Å²) in [7, 11) is 0. The van der Waals surface area contributed by atoms with Crippen molar-refractivity contribution in [2.45, 2.75) is 32.1 Å². The molecule has 1 aromatic rings. The molecule has 2 N–H and O–H groups in total. The number of nitrogens with zero attached hydrogens (tertiary/aromatic N) is 4. The molecule has 25 heavy (non-hydrogen) atoms. The van der Waals surface area contributed by atoms with Gasteiger partial charge >= 0.3 is 0 Å². The molecule has 0 aromatic carbocycles. The quantitative estimate of drug-likeness (QED) is 0.754. The predicted octanol–water partition coefficient (Wildman–Crippen LogP) is 0.658. The molecular formula is C18H29N5O2. The molecular weight excluding hydrogens is 318 g/mol. The Morgan fingerprint density at radius 3 is 2.68 bits per heavy atom. The van der Waals surface area contributed by atoms with Crippen LogP contribution < -0.4 is 10.2 Å². The molecule has 0 aliphatic carbocycles. The van der Waals surface area contributed by atoms with Crippen LogP contribution in [0.15, 0.2) is 18.5 Å². The van der Waals surface area contributed by atoms with Crippen molar-refractivity contribution in [2.75, 3.05) is 50.8 Å². The molecule has 1 atom stereocenters. The Labute approximate surface area is 149 Å². The smallest absolute Gasteiger partial charge is 0.228 e. The maximum Gasteiger partial charge on any atom is 0.228 e. The fraction of sp³-hybridized carbons (Fsp3) is 0.722. The maximum atomic E-state index is 12.9. The third-order valence-corrected chi connectivity index (χ3v) is 5.42. The zero-order chi connectivity index (χ0) is 17.5. The zero-order valence-electron chi connectivity index (χ0n) is 14.9. The first-order valence-corrected chi connectivity index (χ1v) is 9.37. The minimum Gasteiger partial charge on any atom is -0.396 e. The number of hydrogen-bond donors (Lipinski definition) is 2. The van der Waals surface area contributed by atoms with Crippen molar-refractivity contribution < 1.29 is 9.90 Å². The third kappa shape index (κ3) is 4.46. The number of aliphatic hydroxyl groups excluding tert-OH is 1. The highest BCUT2D eigenvalue weighted by molar-refractivity contribution is 5.84. The zero-order valence-corrected chi connectivity index (χ0v) is 14.9. The predicted molar refractivity (Wildman–Crippen MR) is 96.3 cm³/mol. The fourth-order valence-electron chi connectivity index (χ4n) is 3.91. The van der Waals surface area contributed by atoms with E-state index in [1.165, 1.54) is 19.3 Å². The summed E-state index contributed by atoms with van der Waals surface area (Å²) >= 11 is 0. The van der Waals surface area contributed by atoms with Gasteiger partial charge < -0.3 is 20.2 Å². The second kappa shape index (κ2) is 8.58. The Morgan fingerprint density at radius 2 is 1.96 bits per heavy atom. The number of likely N-dealkylation sites (tertiary alicyclic amines) is 1. The third-order valence-electron chi connectivity index (χ3n) is 5.42. The highest BCUT2D eigenvalue weighted by Gasteiger charge is 2.44. The molecule has 1 amide bonds. The summed E-state index contributed by atoms with van der Waals surface area (Å²) in [5, 5.41) is 12.6. The molecule has 2 aliphatic rings. The number of aromatic nitrogens is 2. The van der Waals surface area contributed by atoms with Crippen molar-refractivity contribution in [1.82, 2.24) is 20.2 Å². The van der Waals surface area contributed by atoms with E-state index in [9.17, 15) is 9.90 Å². The molecule has 138 valence electrons. The molecule has 0 spiro atoms. The van der Waals surface area contributed by atoms with E-state index < -0.39 is 5.41 Å². The van der Waals surface area contributed by atoms with Crippen LogP contribution in [-0.2, 0) is 4.79 Å². The van der Waals surface area contributed by atoms with Crippen molar-refractivity contribution in [2.24, 2.45) is 5.41 Å². The average Bonchev–Trinajstić information content (AvgIpc) is 3.09. The van der Waals surface area contributed by atoms with Crippen molar-refractivity contribution >= 4 is 11.9 Å². The molecule has 0 saturated carbocycles. The van der Waals surface area contributed by atoms with Gasteiger partial charge in [0.2, 0.25) is 11.9 Å². The highest BCUT2D eigenvalue weighted by Crippen LogP contribution is 2.35. The van der Waals surface area contributed by atoms with E-state index in [0.29, 0.717) is 25.5 Å². The number of hydrogen-bond acceptors (Lipinski definition) is 6. The lowest BCUT2D eigenvalue weighted by atomic mass is 9.82. The monoisotopic (exact) mass is 347 g/mol. The number of piperidine rings is 1. The Morgan fingerprint density at radius 1 is 1.20 bits per heavy atom. The molecule has 0 bridgehead atoms. The van der Waals surface area contributed by atoms with Gasteiger partial charge in [0.05, 0.1) is 5.41 Å². The van der Waals surface area contributed by atoms with Crippen molar-refractivity contribution in [3.05, 3.63) is 18.5 Å². The lowest BCUT2D eigenvalue weighted by Crippen LogP contribution is -2.46. The van der Waals surface area contributed by atoms with Crippen LogP contribution in [0.3, 0.4) is 0 Å². The van der Waals surface area contributed by atoms with Crippen molar-refractivity contribution in [1.29, 1.82) is 0 Å². The molecule has 2 aliphatic heterocycles. The summed E-state index contributed by atoms with van der Waals surface area (Å²) in [6.45, 7) is 5.17. The van der Waals surface area contributed by atoms with Gasteiger partial charge in [-0.2, -0.15) is 0 Å².